The first-order chi connectivity index (χ1) is 10.9. The molecule has 3 aromatic heterocycles. The summed E-state index contributed by atoms with van der Waals surface area (Å²) in [5.41, 5.74) is 2.20. The molecule has 0 bridgehead atoms. The third-order valence-electron chi connectivity index (χ3n) is 4.22. The van der Waals surface area contributed by atoms with E-state index in [1.807, 2.05) is 17.6 Å². The van der Waals surface area contributed by atoms with Crippen molar-refractivity contribution in [2.45, 2.75) is 19.9 Å². The minimum Gasteiger partial charge on any atom is -0.478 e. The number of hydrogen-bond donors (Lipinski definition) is 1. The van der Waals surface area contributed by atoms with Crippen LogP contribution in [0, 0.1) is 6.92 Å². The molecule has 0 radical (unpaired) electrons. The van der Waals surface area contributed by atoms with Gasteiger partial charge in [-0.15, -0.1) is 0 Å². The van der Waals surface area contributed by atoms with Crippen LogP contribution in [0.5, 0.6) is 0 Å². The van der Waals surface area contributed by atoms with E-state index in [-0.39, 0.29) is 17.2 Å². The molecule has 0 aliphatic rings. The highest BCUT2D eigenvalue weighted by Crippen LogP contribution is 2.30. The predicted molar refractivity (Wildman–Crippen MR) is 86.9 cm³/mol. The van der Waals surface area contributed by atoms with E-state index in [1.54, 1.807) is 44.6 Å². The van der Waals surface area contributed by atoms with Crippen LogP contribution in [0.3, 0.4) is 0 Å². The smallest absolute Gasteiger partial charge is 0.338 e. The summed E-state index contributed by atoms with van der Waals surface area (Å²) >= 11 is 0. The Kier molecular flexibility index (Phi) is 3.52. The molecule has 3 heterocycles. The van der Waals surface area contributed by atoms with Crippen LogP contribution in [0.4, 0.5) is 0 Å². The third kappa shape index (κ3) is 2.32. The lowest BCUT2D eigenvalue weighted by molar-refractivity contribution is 0.0698. The molecule has 0 saturated heterocycles. The lowest BCUT2D eigenvalue weighted by Crippen LogP contribution is -2.18. The molecule has 23 heavy (non-hydrogen) atoms. The lowest BCUT2D eigenvalue weighted by Gasteiger charge is -2.17. The molecule has 0 aliphatic heterocycles. The highest BCUT2D eigenvalue weighted by molar-refractivity contribution is 6.04. The number of carbonyl (C=O) groups is 1. The summed E-state index contributed by atoms with van der Waals surface area (Å²) in [6, 6.07) is 6.71. The van der Waals surface area contributed by atoms with Gasteiger partial charge in [-0.2, -0.15) is 0 Å². The zero-order valence-corrected chi connectivity index (χ0v) is 13.1. The second-order valence-corrected chi connectivity index (χ2v) is 5.60. The molecule has 1 atom stereocenters. The number of carboxylic acids is 1. The Balaban J connectivity index is 2.27. The quantitative estimate of drug-likeness (QED) is 0.805. The van der Waals surface area contributed by atoms with Gasteiger partial charge in [0.15, 0.2) is 0 Å². The van der Waals surface area contributed by atoms with Gasteiger partial charge in [-0.05, 0) is 37.6 Å². The van der Waals surface area contributed by atoms with Gasteiger partial charge in [0.05, 0.1) is 11.6 Å². The molecular weight excluding hydrogens is 294 g/mol. The van der Waals surface area contributed by atoms with Gasteiger partial charge in [0.2, 0.25) is 0 Å². The number of carboxylic acid groups (broad SMARTS) is 1. The molecule has 6 heteroatoms. The minimum absolute atomic E-state index is 0.102. The monoisotopic (exact) mass is 311 g/mol. The molecule has 3 rings (SSSR count). The molecule has 3 aromatic rings. The van der Waals surface area contributed by atoms with Crippen molar-refractivity contribution in [3.8, 4) is 0 Å². The van der Waals surface area contributed by atoms with Crippen LogP contribution in [0.25, 0.3) is 11.0 Å². The number of aromatic nitrogens is 3. The first-order valence-electron chi connectivity index (χ1n) is 7.27. The van der Waals surface area contributed by atoms with E-state index in [2.05, 4.69) is 4.98 Å². The molecule has 6 nitrogen and oxygen atoms in total. The molecule has 0 spiro atoms. The van der Waals surface area contributed by atoms with Gasteiger partial charge in [-0.1, -0.05) is 0 Å². The van der Waals surface area contributed by atoms with Gasteiger partial charge in [0.25, 0.3) is 5.56 Å². The number of hydrogen-bond acceptors (Lipinski definition) is 3. The van der Waals surface area contributed by atoms with Crippen LogP contribution in [0.2, 0.25) is 0 Å². The van der Waals surface area contributed by atoms with E-state index < -0.39 is 5.97 Å². The number of aromatic carboxylic acids is 1. The van der Waals surface area contributed by atoms with Crippen LogP contribution < -0.4 is 5.56 Å². The first kappa shape index (κ1) is 15.0. The largest absolute Gasteiger partial charge is 0.478 e. The van der Waals surface area contributed by atoms with Gasteiger partial charge in [-0.3, -0.25) is 4.79 Å². The van der Waals surface area contributed by atoms with Crippen molar-refractivity contribution in [1.82, 2.24) is 14.1 Å². The average molecular weight is 311 g/mol. The number of fused-ring (bicyclic) bond motifs is 1. The zero-order chi connectivity index (χ0) is 16.7. The maximum atomic E-state index is 11.9. The molecular formula is C17H17N3O3. The maximum Gasteiger partial charge on any atom is 0.338 e. The number of nitrogens with zero attached hydrogens (tertiary/aromatic N) is 3. The fraction of sp³-hybridized carbons (Fsp3) is 0.235. The van der Waals surface area contributed by atoms with Gasteiger partial charge in [0.1, 0.15) is 5.65 Å². The second-order valence-electron chi connectivity index (χ2n) is 5.60. The fourth-order valence-electron chi connectivity index (χ4n) is 2.97. The van der Waals surface area contributed by atoms with Gasteiger partial charge >= 0.3 is 5.97 Å². The Morgan fingerprint density at radius 1 is 1.35 bits per heavy atom. The molecule has 1 N–H and O–H groups in total. The number of aryl methyl sites for hydroxylation is 1. The topological polar surface area (TPSA) is 77.1 Å². The molecule has 0 amide bonds. The van der Waals surface area contributed by atoms with Crippen LogP contribution in [0.1, 0.15) is 34.6 Å². The highest BCUT2D eigenvalue weighted by atomic mass is 16.4. The van der Waals surface area contributed by atoms with E-state index in [0.29, 0.717) is 16.7 Å². The normalized spacial score (nSPS) is 12.5. The van der Waals surface area contributed by atoms with Crippen molar-refractivity contribution in [2.24, 2.45) is 7.05 Å². The summed E-state index contributed by atoms with van der Waals surface area (Å²) in [4.78, 5) is 27.8. The van der Waals surface area contributed by atoms with E-state index in [0.717, 1.165) is 5.56 Å². The Morgan fingerprint density at radius 3 is 2.74 bits per heavy atom. The van der Waals surface area contributed by atoms with Crippen molar-refractivity contribution < 1.29 is 9.90 Å². The Hall–Kier alpha value is -2.89. The van der Waals surface area contributed by atoms with Crippen molar-refractivity contribution in [3.05, 3.63) is 63.8 Å². The predicted octanol–water partition coefficient (Wildman–Crippen LogP) is 2.35. The van der Waals surface area contributed by atoms with E-state index >= 15 is 0 Å². The third-order valence-corrected chi connectivity index (χ3v) is 4.22. The van der Waals surface area contributed by atoms with Gasteiger partial charge in [0, 0.05) is 36.6 Å². The van der Waals surface area contributed by atoms with E-state index in [1.165, 1.54) is 4.57 Å². The van der Waals surface area contributed by atoms with Crippen LogP contribution >= 0.6 is 0 Å². The maximum absolute atomic E-state index is 11.9. The van der Waals surface area contributed by atoms with Crippen molar-refractivity contribution >= 4 is 17.0 Å². The summed E-state index contributed by atoms with van der Waals surface area (Å²) in [6.45, 7) is 3.70. The molecule has 1 unspecified atom stereocenters. The summed E-state index contributed by atoms with van der Waals surface area (Å²) in [7, 11) is 1.69. The molecule has 0 fully saturated rings. The summed E-state index contributed by atoms with van der Waals surface area (Å²) < 4.78 is 3.37. The molecule has 0 saturated carbocycles. The van der Waals surface area contributed by atoms with Crippen LogP contribution in [0.15, 0.2) is 41.5 Å². The molecule has 0 aromatic carbocycles. The van der Waals surface area contributed by atoms with E-state index in [4.69, 9.17) is 0 Å². The summed E-state index contributed by atoms with van der Waals surface area (Å²) in [5, 5.41) is 10.1. The number of pyridine rings is 2. The summed E-state index contributed by atoms with van der Waals surface area (Å²) in [5.74, 6) is -0.976. The Morgan fingerprint density at radius 2 is 2.09 bits per heavy atom. The summed E-state index contributed by atoms with van der Waals surface area (Å²) in [6.07, 6.45) is 3.35. The Bertz CT molecular complexity index is 969. The standard InChI is InChI=1S/C17H17N3O3/c1-10(12-6-8-19(3)14(21)9-12)20-11(2)15(17(22)23)13-5-4-7-18-16(13)20/h4-10H,1-3H3,(H,22,23). The average Bonchev–Trinajstić information content (AvgIpc) is 2.81. The molecule has 0 aliphatic carbocycles. The lowest BCUT2D eigenvalue weighted by atomic mass is 10.1. The second kappa shape index (κ2) is 5.39. The minimum atomic E-state index is -0.976. The van der Waals surface area contributed by atoms with Gasteiger partial charge < -0.3 is 14.2 Å². The first-order valence-corrected chi connectivity index (χ1v) is 7.27. The van der Waals surface area contributed by atoms with Crippen LogP contribution in [-0.2, 0) is 7.05 Å². The molecule has 118 valence electrons. The van der Waals surface area contributed by atoms with Gasteiger partial charge in [-0.25, -0.2) is 9.78 Å². The highest BCUT2D eigenvalue weighted by Gasteiger charge is 2.23. The SMILES string of the molecule is Cc1c(C(=O)O)c2cccnc2n1C(C)c1ccn(C)c(=O)c1. The van der Waals surface area contributed by atoms with Crippen LogP contribution in [-0.4, -0.2) is 25.2 Å². The van der Waals surface area contributed by atoms with Crippen molar-refractivity contribution in [2.75, 3.05) is 0 Å². The number of rotatable bonds is 3. The van der Waals surface area contributed by atoms with E-state index in [9.17, 15) is 14.7 Å². The Labute approximate surface area is 132 Å². The van der Waals surface area contributed by atoms with Crippen molar-refractivity contribution in [1.29, 1.82) is 0 Å². The zero-order valence-electron chi connectivity index (χ0n) is 13.1. The van der Waals surface area contributed by atoms with Crippen molar-refractivity contribution in [3.63, 3.8) is 0 Å². The fourth-order valence-corrected chi connectivity index (χ4v) is 2.97.